The fraction of sp³-hybridized carbons (Fsp3) is 0.150. The van der Waals surface area contributed by atoms with Gasteiger partial charge in [0.25, 0.3) is 0 Å². The van der Waals surface area contributed by atoms with E-state index in [2.05, 4.69) is 20.3 Å². The first-order chi connectivity index (χ1) is 14.6. The van der Waals surface area contributed by atoms with Gasteiger partial charge in [0.05, 0.1) is 15.9 Å². The van der Waals surface area contributed by atoms with E-state index in [1.54, 1.807) is 41.0 Å². The fourth-order valence-electron chi connectivity index (χ4n) is 3.37. The predicted octanol–water partition coefficient (Wildman–Crippen LogP) is 2.32. The van der Waals surface area contributed by atoms with Crippen LogP contribution in [-0.2, 0) is 10.0 Å². The summed E-state index contributed by atoms with van der Waals surface area (Å²) in [6.07, 6.45) is 1.59. The number of hydrogen-bond donors (Lipinski definition) is 3. The monoisotopic (exact) mass is 438 g/mol. The van der Waals surface area contributed by atoms with E-state index in [0.29, 0.717) is 23.0 Å². The molecular formula is C20H22N8O2S. The zero-order chi connectivity index (χ0) is 22.3. The van der Waals surface area contributed by atoms with E-state index in [9.17, 15) is 8.42 Å². The number of benzene rings is 2. The van der Waals surface area contributed by atoms with Gasteiger partial charge in [-0.05, 0) is 43.2 Å². The van der Waals surface area contributed by atoms with E-state index in [1.807, 2.05) is 32.2 Å². The predicted molar refractivity (Wildman–Crippen MR) is 121 cm³/mol. The first-order valence-electron chi connectivity index (χ1n) is 9.36. The Morgan fingerprint density at radius 3 is 2.58 bits per heavy atom. The second-order valence-electron chi connectivity index (χ2n) is 7.14. The van der Waals surface area contributed by atoms with Gasteiger partial charge in [0, 0.05) is 25.0 Å². The molecule has 31 heavy (non-hydrogen) atoms. The number of aromatic nitrogens is 4. The lowest BCUT2D eigenvalue weighted by molar-refractivity contribution is 0.597. The number of anilines is 4. The molecule has 0 fully saturated rings. The van der Waals surface area contributed by atoms with Crippen molar-refractivity contribution in [2.24, 2.45) is 5.14 Å². The number of aryl methyl sites for hydroxylation is 2. The van der Waals surface area contributed by atoms with Crippen LogP contribution < -0.4 is 21.2 Å². The summed E-state index contributed by atoms with van der Waals surface area (Å²) in [5, 5.41) is 10.1. The van der Waals surface area contributed by atoms with Gasteiger partial charge < -0.3 is 11.1 Å². The summed E-state index contributed by atoms with van der Waals surface area (Å²) in [4.78, 5) is 13.3. The molecule has 4 aromatic rings. The Kier molecular flexibility index (Phi) is 4.99. The van der Waals surface area contributed by atoms with Gasteiger partial charge in [-0.2, -0.15) is 4.98 Å². The first-order valence-corrected chi connectivity index (χ1v) is 10.9. The highest BCUT2D eigenvalue weighted by Crippen LogP contribution is 2.25. The van der Waals surface area contributed by atoms with E-state index in [0.717, 1.165) is 16.6 Å². The summed E-state index contributed by atoms with van der Waals surface area (Å²) in [5.41, 5.74) is 9.92. The van der Waals surface area contributed by atoms with Gasteiger partial charge in [-0.15, -0.1) is 0 Å². The largest absolute Gasteiger partial charge is 0.368 e. The van der Waals surface area contributed by atoms with Crippen molar-refractivity contribution >= 4 is 44.5 Å². The Hall–Kier alpha value is -3.70. The lowest BCUT2D eigenvalue weighted by atomic mass is 10.2. The normalized spacial score (nSPS) is 11.6. The number of primary sulfonamides is 1. The minimum absolute atomic E-state index is 0.0406. The van der Waals surface area contributed by atoms with Crippen molar-refractivity contribution in [3.63, 3.8) is 0 Å². The van der Waals surface area contributed by atoms with E-state index in [1.165, 1.54) is 6.07 Å². The summed E-state index contributed by atoms with van der Waals surface area (Å²) in [6, 6.07) is 12.4. The van der Waals surface area contributed by atoms with Crippen molar-refractivity contribution in [1.29, 1.82) is 0 Å². The van der Waals surface area contributed by atoms with Crippen LogP contribution in [0.15, 0.2) is 53.6 Å². The number of nitrogen functional groups attached to an aromatic ring is 1. The standard InChI is InChI=1S/C20H22N8O2S/c1-12-7-8-14(11-16(12)31(22,29)30)24-20-23-10-9-17(25-20)27(3)28-15-6-4-5-13(2)18(15)26-19(28)21/h4-11H,1-3H3,(H2,21,26)(H2,22,29,30)(H,23,24,25). The van der Waals surface area contributed by atoms with Crippen LogP contribution in [-0.4, -0.2) is 35.1 Å². The smallest absolute Gasteiger partial charge is 0.238 e. The Morgan fingerprint density at radius 1 is 1.06 bits per heavy atom. The van der Waals surface area contributed by atoms with Gasteiger partial charge in [-0.25, -0.2) is 28.2 Å². The van der Waals surface area contributed by atoms with E-state index < -0.39 is 10.0 Å². The Bertz CT molecular complexity index is 1400. The molecule has 160 valence electrons. The Morgan fingerprint density at radius 2 is 1.84 bits per heavy atom. The molecule has 0 spiro atoms. The lowest BCUT2D eigenvalue weighted by Gasteiger charge is -2.21. The summed E-state index contributed by atoms with van der Waals surface area (Å²) < 4.78 is 25.3. The molecule has 0 unspecified atom stereocenters. The molecule has 0 amide bonds. The van der Waals surface area contributed by atoms with Crippen LogP contribution in [0.3, 0.4) is 0 Å². The van der Waals surface area contributed by atoms with Crippen molar-refractivity contribution in [1.82, 2.24) is 19.6 Å². The maximum atomic E-state index is 11.8. The van der Waals surface area contributed by atoms with E-state index in [-0.39, 0.29) is 10.8 Å². The molecule has 0 aliphatic rings. The molecule has 0 radical (unpaired) electrons. The molecule has 0 bridgehead atoms. The van der Waals surface area contributed by atoms with Crippen LogP contribution in [0, 0.1) is 13.8 Å². The van der Waals surface area contributed by atoms with E-state index in [4.69, 9.17) is 10.9 Å². The SMILES string of the molecule is Cc1ccc(Nc2nccc(N(C)n3c(N)nc4c(C)cccc43)n2)cc1S(N)(=O)=O. The number of fused-ring (bicyclic) bond motifs is 1. The van der Waals surface area contributed by atoms with E-state index >= 15 is 0 Å². The number of imidazole rings is 1. The summed E-state index contributed by atoms with van der Waals surface area (Å²) >= 11 is 0. The van der Waals surface area contributed by atoms with Crippen LogP contribution in [0.5, 0.6) is 0 Å². The molecule has 2 aromatic heterocycles. The zero-order valence-electron chi connectivity index (χ0n) is 17.2. The Labute approximate surface area is 179 Å². The van der Waals surface area contributed by atoms with Crippen molar-refractivity contribution in [2.45, 2.75) is 18.7 Å². The van der Waals surface area contributed by atoms with Gasteiger partial charge in [0.2, 0.25) is 21.9 Å². The maximum absolute atomic E-state index is 11.8. The third kappa shape index (κ3) is 3.88. The molecule has 0 atom stereocenters. The van der Waals surface area contributed by atoms with Gasteiger partial charge in [0.1, 0.15) is 0 Å². The van der Waals surface area contributed by atoms with Crippen molar-refractivity contribution in [3.8, 4) is 0 Å². The summed E-state index contributed by atoms with van der Waals surface area (Å²) in [6.45, 7) is 3.65. The molecule has 2 aromatic carbocycles. The van der Waals surface area contributed by atoms with Crippen molar-refractivity contribution in [3.05, 3.63) is 59.8 Å². The highest BCUT2D eigenvalue weighted by atomic mass is 32.2. The molecule has 2 heterocycles. The molecule has 0 saturated carbocycles. The van der Waals surface area contributed by atoms with Gasteiger partial charge in [-0.3, -0.25) is 5.01 Å². The number of para-hydroxylation sites is 1. The summed E-state index contributed by atoms with van der Waals surface area (Å²) in [5.74, 6) is 1.17. The number of nitrogens with two attached hydrogens (primary N) is 2. The molecular weight excluding hydrogens is 416 g/mol. The van der Waals surface area contributed by atoms with Crippen LogP contribution >= 0.6 is 0 Å². The zero-order valence-corrected chi connectivity index (χ0v) is 18.1. The lowest BCUT2D eigenvalue weighted by Crippen LogP contribution is -2.27. The molecule has 4 rings (SSSR count). The molecule has 5 N–H and O–H groups in total. The quantitative estimate of drug-likeness (QED) is 0.430. The van der Waals surface area contributed by atoms with Crippen LogP contribution in [0.1, 0.15) is 11.1 Å². The second-order valence-corrected chi connectivity index (χ2v) is 8.67. The molecule has 0 saturated heterocycles. The summed E-state index contributed by atoms with van der Waals surface area (Å²) in [7, 11) is -2.03. The second kappa shape index (κ2) is 7.52. The molecule has 10 nitrogen and oxygen atoms in total. The molecule has 0 aliphatic carbocycles. The third-order valence-corrected chi connectivity index (χ3v) is 5.96. The van der Waals surface area contributed by atoms with Gasteiger partial charge in [0.15, 0.2) is 5.82 Å². The van der Waals surface area contributed by atoms with Crippen LogP contribution in [0.2, 0.25) is 0 Å². The number of nitrogens with zero attached hydrogens (tertiary/aromatic N) is 5. The fourth-order valence-corrected chi connectivity index (χ4v) is 4.17. The van der Waals surface area contributed by atoms with Crippen molar-refractivity contribution in [2.75, 3.05) is 23.1 Å². The minimum atomic E-state index is -3.84. The van der Waals surface area contributed by atoms with Gasteiger partial charge >= 0.3 is 0 Å². The average molecular weight is 439 g/mol. The Balaban J connectivity index is 1.69. The van der Waals surface area contributed by atoms with Crippen LogP contribution in [0.4, 0.5) is 23.4 Å². The number of rotatable bonds is 5. The third-order valence-electron chi connectivity index (χ3n) is 4.91. The highest BCUT2D eigenvalue weighted by Gasteiger charge is 2.16. The van der Waals surface area contributed by atoms with Crippen LogP contribution in [0.25, 0.3) is 11.0 Å². The topological polar surface area (TPSA) is 145 Å². The maximum Gasteiger partial charge on any atom is 0.238 e. The molecule has 11 heteroatoms. The highest BCUT2D eigenvalue weighted by molar-refractivity contribution is 7.89. The number of nitrogens with one attached hydrogen (secondary N) is 1. The number of sulfonamides is 1. The average Bonchev–Trinajstić information content (AvgIpc) is 3.05. The molecule has 0 aliphatic heterocycles. The minimum Gasteiger partial charge on any atom is -0.368 e. The number of hydrogen-bond acceptors (Lipinski definition) is 8. The van der Waals surface area contributed by atoms with Crippen molar-refractivity contribution < 1.29 is 8.42 Å². The van der Waals surface area contributed by atoms with Gasteiger partial charge in [-0.1, -0.05) is 18.2 Å². The first kappa shape index (κ1) is 20.6.